The van der Waals surface area contributed by atoms with E-state index < -0.39 is 4.92 Å². The molecule has 0 N–H and O–H groups in total. The minimum absolute atomic E-state index is 0.0804. The largest absolute Gasteiger partial charge is 0.294 e. The van der Waals surface area contributed by atoms with Crippen LogP contribution in [0.15, 0.2) is 34.8 Å². The standard InChI is InChI=1S/C17H13BrN2O4/c18-8-1-4-11(12(7-8)20(23)24)19-15(21)13-9-2-3-10(14(13)16(19)22)17(9)5-6-17/h1-4,7,9-10,13-14H,5-6H2/t9-,10-,13-,14+/m1/s1. The Kier molecular flexibility index (Phi) is 2.59. The molecule has 122 valence electrons. The molecule has 1 aromatic carbocycles. The number of nitro groups is 1. The van der Waals surface area contributed by atoms with Gasteiger partial charge in [-0.25, -0.2) is 4.90 Å². The molecule has 1 spiro atoms. The summed E-state index contributed by atoms with van der Waals surface area (Å²) in [6.07, 6.45) is 6.32. The van der Waals surface area contributed by atoms with E-state index in [1.807, 2.05) is 0 Å². The molecule has 0 radical (unpaired) electrons. The second kappa shape index (κ2) is 4.33. The van der Waals surface area contributed by atoms with E-state index >= 15 is 0 Å². The molecule has 7 heteroatoms. The van der Waals surface area contributed by atoms with Crippen LogP contribution in [0.4, 0.5) is 11.4 Å². The Morgan fingerprint density at radius 2 is 1.71 bits per heavy atom. The fourth-order valence-electron chi connectivity index (χ4n) is 5.15. The van der Waals surface area contributed by atoms with Gasteiger partial charge in [-0.3, -0.25) is 19.7 Å². The Morgan fingerprint density at radius 1 is 1.12 bits per heavy atom. The fraction of sp³-hybridized carbons (Fsp3) is 0.412. The summed E-state index contributed by atoms with van der Waals surface area (Å²) in [6, 6.07) is 4.42. The lowest BCUT2D eigenvalue weighted by atomic mass is 9.85. The lowest BCUT2D eigenvalue weighted by Gasteiger charge is -2.21. The summed E-state index contributed by atoms with van der Waals surface area (Å²) in [5, 5.41) is 11.4. The molecule has 3 fully saturated rings. The van der Waals surface area contributed by atoms with Gasteiger partial charge in [-0.05, 0) is 42.2 Å². The summed E-state index contributed by atoms with van der Waals surface area (Å²) < 4.78 is 0.538. The number of carbonyl (C=O) groups is 2. The van der Waals surface area contributed by atoms with Crippen LogP contribution < -0.4 is 4.90 Å². The lowest BCUT2D eigenvalue weighted by molar-refractivity contribution is -0.384. The van der Waals surface area contributed by atoms with Gasteiger partial charge in [-0.2, -0.15) is 0 Å². The molecule has 5 rings (SSSR count). The van der Waals surface area contributed by atoms with Crippen LogP contribution in [0.2, 0.25) is 0 Å². The number of nitro benzene ring substituents is 1. The monoisotopic (exact) mass is 388 g/mol. The highest BCUT2D eigenvalue weighted by molar-refractivity contribution is 9.10. The minimum atomic E-state index is -0.552. The van der Waals surface area contributed by atoms with Gasteiger partial charge in [0.05, 0.1) is 16.8 Å². The first-order chi connectivity index (χ1) is 11.5. The third kappa shape index (κ3) is 1.51. The molecule has 1 aliphatic heterocycles. The quantitative estimate of drug-likeness (QED) is 0.337. The average Bonchev–Trinajstić information content (AvgIpc) is 3.14. The highest BCUT2D eigenvalue weighted by Gasteiger charge is 2.73. The maximum Gasteiger partial charge on any atom is 0.294 e. The minimum Gasteiger partial charge on any atom is -0.274 e. The number of hydrogen-bond donors (Lipinski definition) is 0. The van der Waals surface area contributed by atoms with Crippen molar-refractivity contribution in [3.8, 4) is 0 Å². The summed E-state index contributed by atoms with van der Waals surface area (Å²) in [5.74, 6) is -1.03. The van der Waals surface area contributed by atoms with Crippen molar-refractivity contribution in [1.82, 2.24) is 0 Å². The highest BCUT2D eigenvalue weighted by atomic mass is 79.9. The third-order valence-corrected chi connectivity index (χ3v) is 6.72. The van der Waals surface area contributed by atoms with Crippen LogP contribution in [0, 0.1) is 39.2 Å². The number of carbonyl (C=O) groups excluding carboxylic acids is 2. The zero-order valence-electron chi connectivity index (χ0n) is 12.5. The molecular formula is C17H13BrN2O4. The maximum absolute atomic E-state index is 13.0. The van der Waals surface area contributed by atoms with Crippen LogP contribution in [-0.4, -0.2) is 16.7 Å². The van der Waals surface area contributed by atoms with Crippen molar-refractivity contribution in [3.05, 3.63) is 44.9 Å². The van der Waals surface area contributed by atoms with Gasteiger partial charge in [-0.1, -0.05) is 28.1 Å². The average molecular weight is 389 g/mol. The molecule has 2 bridgehead atoms. The van der Waals surface area contributed by atoms with E-state index in [0.717, 1.165) is 17.7 Å². The molecule has 24 heavy (non-hydrogen) atoms. The van der Waals surface area contributed by atoms with E-state index in [2.05, 4.69) is 28.1 Å². The molecule has 2 amide bonds. The first-order valence-electron chi connectivity index (χ1n) is 7.96. The number of halogens is 1. The van der Waals surface area contributed by atoms with Gasteiger partial charge >= 0.3 is 0 Å². The van der Waals surface area contributed by atoms with Gasteiger partial charge in [0.2, 0.25) is 11.8 Å². The van der Waals surface area contributed by atoms with Gasteiger partial charge in [0.25, 0.3) is 5.69 Å². The summed E-state index contributed by atoms with van der Waals surface area (Å²) in [7, 11) is 0. The van der Waals surface area contributed by atoms with Crippen LogP contribution in [0.1, 0.15) is 12.8 Å². The number of nitrogens with zero attached hydrogens (tertiary/aromatic N) is 2. The Hall–Kier alpha value is -2.02. The fourth-order valence-corrected chi connectivity index (χ4v) is 5.50. The van der Waals surface area contributed by atoms with E-state index in [1.165, 1.54) is 12.1 Å². The summed E-state index contributed by atoms with van der Waals surface area (Å²) >= 11 is 3.20. The topological polar surface area (TPSA) is 80.5 Å². The van der Waals surface area contributed by atoms with Crippen molar-refractivity contribution in [2.45, 2.75) is 12.8 Å². The molecule has 1 aromatic rings. The van der Waals surface area contributed by atoms with Gasteiger partial charge in [0, 0.05) is 10.5 Å². The number of anilines is 1. The number of benzene rings is 1. The lowest BCUT2D eigenvalue weighted by Crippen LogP contribution is -2.35. The normalized spacial score (nSPS) is 34.3. The van der Waals surface area contributed by atoms with Crippen molar-refractivity contribution < 1.29 is 14.5 Å². The van der Waals surface area contributed by atoms with Gasteiger partial charge in [0.15, 0.2) is 0 Å². The molecule has 2 saturated carbocycles. The summed E-state index contributed by atoms with van der Waals surface area (Å²) in [5.41, 5.74) is -0.0254. The second-order valence-electron chi connectivity index (χ2n) is 7.12. The van der Waals surface area contributed by atoms with Gasteiger partial charge < -0.3 is 0 Å². The van der Waals surface area contributed by atoms with E-state index in [0.29, 0.717) is 4.47 Å². The van der Waals surface area contributed by atoms with E-state index in [9.17, 15) is 19.7 Å². The smallest absolute Gasteiger partial charge is 0.274 e. The Balaban J connectivity index is 1.60. The van der Waals surface area contributed by atoms with Crippen LogP contribution >= 0.6 is 15.9 Å². The number of amides is 2. The number of fused-ring (bicyclic) bond motifs is 3. The van der Waals surface area contributed by atoms with Crippen molar-refractivity contribution in [2.24, 2.45) is 29.1 Å². The molecular weight excluding hydrogens is 376 g/mol. The second-order valence-corrected chi connectivity index (χ2v) is 8.04. The maximum atomic E-state index is 13.0. The summed E-state index contributed by atoms with van der Waals surface area (Å²) in [6.45, 7) is 0. The van der Waals surface area contributed by atoms with Gasteiger partial charge in [0.1, 0.15) is 5.69 Å². The summed E-state index contributed by atoms with van der Waals surface area (Å²) in [4.78, 5) is 37.9. The molecule has 1 saturated heterocycles. The van der Waals surface area contributed by atoms with Crippen LogP contribution in [-0.2, 0) is 9.59 Å². The molecule has 0 unspecified atom stereocenters. The molecule has 1 heterocycles. The number of imide groups is 1. The molecule has 4 atom stereocenters. The third-order valence-electron chi connectivity index (χ3n) is 6.23. The van der Waals surface area contributed by atoms with Crippen LogP contribution in [0.25, 0.3) is 0 Å². The van der Waals surface area contributed by atoms with Crippen molar-refractivity contribution in [1.29, 1.82) is 0 Å². The predicted molar refractivity (Wildman–Crippen MR) is 88.1 cm³/mol. The molecule has 0 aromatic heterocycles. The number of rotatable bonds is 2. The van der Waals surface area contributed by atoms with E-state index in [4.69, 9.17) is 0 Å². The van der Waals surface area contributed by atoms with Crippen LogP contribution in [0.3, 0.4) is 0 Å². The van der Waals surface area contributed by atoms with Gasteiger partial charge in [-0.15, -0.1) is 0 Å². The molecule has 4 aliphatic rings. The zero-order valence-corrected chi connectivity index (χ0v) is 14.1. The van der Waals surface area contributed by atoms with Crippen molar-refractivity contribution in [3.63, 3.8) is 0 Å². The first-order valence-corrected chi connectivity index (χ1v) is 8.75. The van der Waals surface area contributed by atoms with E-state index in [1.54, 1.807) is 6.07 Å². The van der Waals surface area contributed by atoms with Crippen molar-refractivity contribution >= 4 is 39.1 Å². The number of hydrogen-bond acceptors (Lipinski definition) is 4. The molecule has 3 aliphatic carbocycles. The Bertz CT molecular complexity index is 826. The highest BCUT2D eigenvalue weighted by Crippen LogP contribution is 2.73. The predicted octanol–water partition coefficient (Wildman–Crippen LogP) is 3.06. The first kappa shape index (κ1) is 14.3. The Morgan fingerprint density at radius 3 is 2.21 bits per heavy atom. The van der Waals surface area contributed by atoms with Crippen molar-refractivity contribution in [2.75, 3.05) is 4.90 Å². The molecule has 6 nitrogen and oxygen atoms in total. The Labute approximate surface area is 145 Å². The SMILES string of the molecule is O=C1[C@@H]2[C@H](C(=O)N1c1ccc(Br)cc1[N+](=O)[O-])[C@H]1C=C[C@H]2C12CC2. The zero-order chi connectivity index (χ0) is 16.8. The number of allylic oxidation sites excluding steroid dienone is 2. The van der Waals surface area contributed by atoms with E-state index in [-0.39, 0.29) is 52.3 Å². The van der Waals surface area contributed by atoms with Crippen LogP contribution in [0.5, 0.6) is 0 Å².